The van der Waals surface area contributed by atoms with Crippen molar-refractivity contribution in [2.45, 2.75) is 25.8 Å². The van der Waals surface area contributed by atoms with E-state index in [1.54, 1.807) is 6.08 Å². The number of nitrogens with two attached hydrogens (primary N) is 4. The van der Waals surface area contributed by atoms with E-state index in [2.05, 4.69) is 21.0 Å². The molecule has 0 bridgehead atoms. The van der Waals surface area contributed by atoms with E-state index in [0.29, 0.717) is 23.5 Å². The molecule has 0 spiro atoms. The first kappa shape index (κ1) is 24.4. The number of piperidine rings is 1. The average molecular weight is 476 g/mol. The number of hydrogen-bond acceptors (Lipinski definition) is 5. The van der Waals surface area contributed by atoms with Gasteiger partial charge < -0.3 is 16.2 Å². The molecule has 1 aromatic carbocycles. The molecule has 3 aliphatic heterocycles. The number of hydrogen-bond donors (Lipinski definition) is 5. The molecular weight excluding hydrogens is 442 g/mol. The van der Waals surface area contributed by atoms with Crippen LogP contribution in [-0.2, 0) is 0 Å². The average Bonchev–Trinajstić information content (AvgIpc) is 3.30. The van der Waals surface area contributed by atoms with Gasteiger partial charge in [0, 0.05) is 30.3 Å². The van der Waals surface area contributed by atoms with Gasteiger partial charge in [-0.05, 0) is 56.6 Å². The Morgan fingerprint density at radius 1 is 1.23 bits per heavy atom. The minimum absolute atomic E-state index is 0.306. The second-order valence-electron chi connectivity index (χ2n) is 8.60. The number of aryl methyl sites for hydroxylation is 1. The molecule has 1 saturated heterocycles. The van der Waals surface area contributed by atoms with Crippen molar-refractivity contribution in [2.24, 2.45) is 26.4 Å². The van der Waals surface area contributed by atoms with Crippen LogP contribution in [0.5, 0.6) is 5.75 Å². The third-order valence-corrected chi connectivity index (χ3v) is 6.02. The van der Waals surface area contributed by atoms with Gasteiger partial charge in [0.15, 0.2) is 5.70 Å². The lowest BCUT2D eigenvalue weighted by Gasteiger charge is -2.29. The number of likely N-dealkylation sites (tertiary alicyclic amines) is 1. The zero-order chi connectivity index (χ0) is 24.6. The van der Waals surface area contributed by atoms with E-state index in [0.717, 1.165) is 61.5 Å². The topological polar surface area (TPSA) is 159 Å². The van der Waals surface area contributed by atoms with E-state index >= 15 is 0 Å². The summed E-state index contributed by atoms with van der Waals surface area (Å²) in [5.41, 5.74) is 15.6. The molecule has 3 heterocycles. The first-order valence-electron chi connectivity index (χ1n) is 11.7. The second-order valence-corrected chi connectivity index (χ2v) is 8.60. The monoisotopic (exact) mass is 475 g/mol. The Labute approximate surface area is 205 Å². The van der Waals surface area contributed by atoms with Crippen molar-refractivity contribution >= 4 is 30.0 Å². The highest BCUT2D eigenvalue weighted by Gasteiger charge is 2.24. The van der Waals surface area contributed by atoms with Crippen molar-refractivity contribution in [1.82, 2.24) is 4.90 Å². The Morgan fingerprint density at radius 2 is 2.03 bits per heavy atom. The summed E-state index contributed by atoms with van der Waals surface area (Å²) in [6.07, 6.45) is 14.0. The van der Waals surface area contributed by atoms with E-state index in [4.69, 9.17) is 26.6 Å². The fraction of sp³-hybridized carbons (Fsp3) is 0.280. The van der Waals surface area contributed by atoms with Crippen LogP contribution in [0.3, 0.4) is 0 Å². The second kappa shape index (κ2) is 11.6. The Hall–Kier alpha value is -3.70. The van der Waals surface area contributed by atoms with Crippen LogP contribution in [0.2, 0.25) is 0 Å². The molecule has 10 heteroatoms. The Balaban J connectivity index is 1.53. The third kappa shape index (κ3) is 6.46. The van der Waals surface area contributed by atoms with Gasteiger partial charge in [0.05, 0.1) is 24.3 Å². The zero-order valence-corrected chi connectivity index (χ0v) is 19.9. The Kier molecular flexibility index (Phi) is 8.11. The standard InChI is InChI=1S/C25H31N9O/c1-17-12-20(2-3-22(17)35-21-5-9-29-23(13-21)31-15-26)33-25(32-16-27)24-18(4-8-30-24)14-34-10-6-19(28)7-11-34/h2-5,8-9,12-13,15-16,19,30H,6-7,10-11,14,28H2,1H3,(H2,26,29,31)(H2,27,32,33)/p+2. The van der Waals surface area contributed by atoms with Crippen molar-refractivity contribution in [3.63, 3.8) is 0 Å². The zero-order valence-electron chi connectivity index (χ0n) is 19.9. The molecule has 4 rings (SSSR count). The summed E-state index contributed by atoms with van der Waals surface area (Å²) in [5.74, 6) is 2.62. The van der Waals surface area contributed by atoms with Crippen molar-refractivity contribution in [3.05, 3.63) is 71.4 Å². The van der Waals surface area contributed by atoms with Crippen LogP contribution in [0.25, 0.3) is 0 Å². The Bertz CT molecular complexity index is 1170. The highest BCUT2D eigenvalue weighted by atomic mass is 16.5. The number of nitrogens with zero attached hydrogens (tertiary/aromatic N) is 4. The summed E-state index contributed by atoms with van der Waals surface area (Å²) in [7, 11) is 0. The predicted octanol–water partition coefficient (Wildman–Crippen LogP) is 0.139. The Morgan fingerprint density at radius 3 is 2.77 bits per heavy atom. The number of allylic oxidation sites excluding steroid dienone is 1. The van der Waals surface area contributed by atoms with Crippen LogP contribution in [0.1, 0.15) is 18.4 Å². The molecule has 35 heavy (non-hydrogen) atoms. The number of amidine groups is 2. The van der Waals surface area contributed by atoms with Gasteiger partial charge in [-0.2, -0.15) is 4.99 Å². The molecule has 0 aliphatic carbocycles. The largest absolute Gasteiger partial charge is 0.457 e. The summed E-state index contributed by atoms with van der Waals surface area (Å²) < 4.78 is 6.04. The maximum absolute atomic E-state index is 7.14. The van der Waals surface area contributed by atoms with Crippen LogP contribution in [0.4, 0.5) is 5.69 Å². The van der Waals surface area contributed by atoms with Crippen molar-refractivity contribution in [3.8, 4) is 5.75 Å². The van der Waals surface area contributed by atoms with Crippen LogP contribution < -0.4 is 26.8 Å². The SMILES string of the molecule is Cc1cc(N=C(N=CN)C2=C(CN3CCC(N)CC3)C=C[NH2+]2)ccc1OC1=CC(=NC=N)[NH2+]C=C1. The fourth-order valence-electron chi connectivity index (χ4n) is 4.16. The van der Waals surface area contributed by atoms with Gasteiger partial charge in [-0.3, -0.25) is 20.9 Å². The molecule has 0 aromatic heterocycles. The van der Waals surface area contributed by atoms with Crippen LogP contribution >= 0.6 is 0 Å². The highest BCUT2D eigenvalue weighted by molar-refractivity contribution is 6.02. The molecule has 0 amide bonds. The van der Waals surface area contributed by atoms with Gasteiger partial charge in [0.2, 0.25) is 11.7 Å². The van der Waals surface area contributed by atoms with E-state index in [9.17, 15) is 0 Å². The summed E-state index contributed by atoms with van der Waals surface area (Å²) in [5, 5.41) is 11.0. The number of quaternary nitrogens is 2. The van der Waals surface area contributed by atoms with Crippen molar-refractivity contribution in [1.29, 1.82) is 5.41 Å². The lowest BCUT2D eigenvalue weighted by Crippen LogP contribution is -2.82. The molecule has 182 valence electrons. The lowest BCUT2D eigenvalue weighted by molar-refractivity contribution is -0.522. The van der Waals surface area contributed by atoms with Gasteiger partial charge in [0.1, 0.15) is 24.0 Å². The number of nitrogens with one attached hydrogen (secondary N) is 1. The van der Waals surface area contributed by atoms with Crippen molar-refractivity contribution in [2.75, 3.05) is 19.6 Å². The molecule has 1 fully saturated rings. The van der Waals surface area contributed by atoms with Crippen LogP contribution in [0, 0.1) is 12.3 Å². The molecule has 1 aromatic rings. The van der Waals surface area contributed by atoms with Gasteiger partial charge in [-0.1, -0.05) is 0 Å². The molecule has 0 radical (unpaired) electrons. The summed E-state index contributed by atoms with van der Waals surface area (Å²) in [4.78, 5) is 15.6. The summed E-state index contributed by atoms with van der Waals surface area (Å²) in [6.45, 7) is 4.80. The predicted molar refractivity (Wildman–Crippen MR) is 139 cm³/mol. The molecular formula is C25H33N9O+2. The summed E-state index contributed by atoms with van der Waals surface area (Å²) in [6, 6.07) is 6.05. The van der Waals surface area contributed by atoms with Gasteiger partial charge in [0.25, 0.3) is 0 Å². The molecule has 3 aliphatic rings. The van der Waals surface area contributed by atoms with Crippen LogP contribution in [0.15, 0.2) is 80.8 Å². The molecule has 10 nitrogen and oxygen atoms in total. The lowest BCUT2D eigenvalue weighted by atomic mass is 10.1. The van der Waals surface area contributed by atoms with Gasteiger partial charge in [-0.25, -0.2) is 9.98 Å². The van der Waals surface area contributed by atoms with Crippen LogP contribution in [-0.4, -0.2) is 54.9 Å². The van der Waals surface area contributed by atoms with Gasteiger partial charge in [-0.15, -0.1) is 0 Å². The van der Waals surface area contributed by atoms with E-state index in [1.165, 1.54) is 11.9 Å². The minimum Gasteiger partial charge on any atom is -0.457 e. The van der Waals surface area contributed by atoms with E-state index in [-0.39, 0.29) is 0 Å². The first-order chi connectivity index (χ1) is 17.1. The first-order valence-corrected chi connectivity index (χ1v) is 11.7. The highest BCUT2D eigenvalue weighted by Crippen LogP contribution is 2.26. The smallest absolute Gasteiger partial charge is 0.234 e. The molecule has 0 unspecified atom stereocenters. The number of ether oxygens (including phenoxy) is 1. The number of aliphatic imine (C=N–C) groups is 3. The summed E-state index contributed by atoms with van der Waals surface area (Å²) >= 11 is 0. The third-order valence-electron chi connectivity index (χ3n) is 6.02. The maximum Gasteiger partial charge on any atom is 0.234 e. The quantitative estimate of drug-likeness (QED) is 0.280. The fourth-order valence-corrected chi connectivity index (χ4v) is 4.16. The molecule has 9 N–H and O–H groups in total. The maximum atomic E-state index is 7.14. The molecule has 0 saturated carbocycles. The van der Waals surface area contributed by atoms with E-state index in [1.807, 2.05) is 54.2 Å². The minimum atomic E-state index is 0.306. The number of rotatable bonds is 7. The normalized spacial score (nSPS) is 20.8. The number of benzene rings is 1. The van der Waals surface area contributed by atoms with Gasteiger partial charge >= 0.3 is 0 Å². The van der Waals surface area contributed by atoms with E-state index < -0.39 is 0 Å². The van der Waals surface area contributed by atoms with Crippen molar-refractivity contribution < 1.29 is 15.4 Å². The molecule has 0 atom stereocenters.